The van der Waals surface area contributed by atoms with Gasteiger partial charge in [0.25, 0.3) is 0 Å². The van der Waals surface area contributed by atoms with Gasteiger partial charge in [-0.25, -0.2) is 9.78 Å². The maximum Gasteiger partial charge on any atom is 0.332 e. The fourth-order valence-electron chi connectivity index (χ4n) is 1.26. The molecule has 0 unspecified atom stereocenters. The van der Waals surface area contributed by atoms with Gasteiger partial charge in [0, 0.05) is 11.6 Å². The number of nitrogens with zero attached hydrogens (tertiary/aromatic N) is 2. The SMILES string of the molecule is C[C@H](OCc1csc(-c2ccccn2)n1)C(=O)O. The lowest BCUT2D eigenvalue weighted by molar-refractivity contribution is -0.149. The Bertz CT molecular complexity index is 527. The van der Waals surface area contributed by atoms with Gasteiger partial charge in [-0.1, -0.05) is 6.07 Å². The molecule has 2 aromatic heterocycles. The zero-order valence-corrected chi connectivity index (χ0v) is 10.6. The Morgan fingerprint density at radius 2 is 2.39 bits per heavy atom. The molecule has 0 amide bonds. The molecule has 0 fully saturated rings. The molecule has 0 radical (unpaired) electrons. The van der Waals surface area contributed by atoms with Gasteiger partial charge in [-0.05, 0) is 19.1 Å². The van der Waals surface area contributed by atoms with Crippen molar-refractivity contribution in [2.24, 2.45) is 0 Å². The minimum atomic E-state index is -0.977. The van der Waals surface area contributed by atoms with Crippen LogP contribution in [-0.4, -0.2) is 27.1 Å². The van der Waals surface area contributed by atoms with Crippen LogP contribution in [0.1, 0.15) is 12.6 Å². The molecule has 0 aromatic carbocycles. The summed E-state index contributed by atoms with van der Waals surface area (Å²) in [6.07, 6.45) is 0.879. The van der Waals surface area contributed by atoms with Gasteiger partial charge in [-0.15, -0.1) is 11.3 Å². The van der Waals surface area contributed by atoms with E-state index in [1.807, 2.05) is 23.6 Å². The molecule has 2 rings (SSSR count). The lowest BCUT2D eigenvalue weighted by Gasteiger charge is -2.05. The van der Waals surface area contributed by atoms with E-state index in [2.05, 4.69) is 9.97 Å². The summed E-state index contributed by atoms with van der Waals surface area (Å²) in [4.78, 5) is 19.1. The van der Waals surface area contributed by atoms with Crippen LogP contribution in [0.25, 0.3) is 10.7 Å². The summed E-state index contributed by atoms with van der Waals surface area (Å²) >= 11 is 1.46. The molecule has 0 saturated heterocycles. The molecule has 6 heteroatoms. The number of hydrogen-bond donors (Lipinski definition) is 1. The number of thiazole rings is 1. The van der Waals surface area contributed by atoms with E-state index < -0.39 is 12.1 Å². The van der Waals surface area contributed by atoms with Crippen LogP contribution < -0.4 is 0 Å². The van der Waals surface area contributed by atoms with E-state index in [1.54, 1.807) is 6.20 Å². The zero-order chi connectivity index (χ0) is 13.0. The number of hydrogen-bond acceptors (Lipinski definition) is 5. The fraction of sp³-hybridized carbons (Fsp3) is 0.250. The highest BCUT2D eigenvalue weighted by Gasteiger charge is 2.12. The van der Waals surface area contributed by atoms with Crippen LogP contribution in [0.4, 0.5) is 0 Å². The van der Waals surface area contributed by atoms with E-state index in [0.717, 1.165) is 10.7 Å². The third-order valence-electron chi connectivity index (χ3n) is 2.26. The highest BCUT2D eigenvalue weighted by Crippen LogP contribution is 2.21. The molecule has 94 valence electrons. The Morgan fingerprint density at radius 3 is 3.06 bits per heavy atom. The topological polar surface area (TPSA) is 72.3 Å². The molecule has 0 spiro atoms. The highest BCUT2D eigenvalue weighted by molar-refractivity contribution is 7.13. The second kappa shape index (κ2) is 5.70. The second-order valence-electron chi connectivity index (χ2n) is 3.65. The molecule has 1 N–H and O–H groups in total. The molecule has 1 atom stereocenters. The normalized spacial score (nSPS) is 12.3. The fourth-order valence-corrected chi connectivity index (χ4v) is 2.04. The van der Waals surface area contributed by atoms with Crippen molar-refractivity contribution in [3.63, 3.8) is 0 Å². The monoisotopic (exact) mass is 264 g/mol. The van der Waals surface area contributed by atoms with Crippen molar-refractivity contribution < 1.29 is 14.6 Å². The summed E-state index contributed by atoms with van der Waals surface area (Å²) in [5.41, 5.74) is 1.52. The van der Waals surface area contributed by atoms with E-state index in [0.29, 0.717) is 5.69 Å². The van der Waals surface area contributed by atoms with E-state index >= 15 is 0 Å². The standard InChI is InChI=1S/C12H12N2O3S/c1-8(12(15)16)17-6-9-7-18-11(14-9)10-4-2-3-5-13-10/h2-5,7-8H,6H2,1H3,(H,15,16)/t8-/m0/s1. The van der Waals surface area contributed by atoms with Gasteiger partial charge in [0.1, 0.15) is 5.01 Å². The van der Waals surface area contributed by atoms with Gasteiger partial charge >= 0.3 is 5.97 Å². The molecule has 2 heterocycles. The van der Waals surface area contributed by atoms with Gasteiger partial charge in [0.15, 0.2) is 6.10 Å². The number of carbonyl (C=O) groups is 1. The average Bonchev–Trinajstić information content (AvgIpc) is 2.85. The number of aliphatic carboxylic acids is 1. The van der Waals surface area contributed by atoms with E-state index in [-0.39, 0.29) is 6.61 Å². The molecule has 18 heavy (non-hydrogen) atoms. The van der Waals surface area contributed by atoms with Crippen molar-refractivity contribution in [3.05, 3.63) is 35.5 Å². The summed E-state index contributed by atoms with van der Waals surface area (Å²) in [6.45, 7) is 1.69. The largest absolute Gasteiger partial charge is 0.479 e. The van der Waals surface area contributed by atoms with Crippen LogP contribution in [-0.2, 0) is 16.1 Å². The van der Waals surface area contributed by atoms with Gasteiger partial charge in [-0.2, -0.15) is 0 Å². The minimum absolute atomic E-state index is 0.191. The molecular formula is C12H12N2O3S. The molecule has 0 aliphatic heterocycles. The Kier molecular flexibility index (Phi) is 4.01. The zero-order valence-electron chi connectivity index (χ0n) is 9.74. The summed E-state index contributed by atoms with van der Waals surface area (Å²) in [7, 11) is 0. The van der Waals surface area contributed by atoms with Crippen molar-refractivity contribution >= 4 is 17.3 Å². The first-order chi connectivity index (χ1) is 8.66. The molecular weight excluding hydrogens is 252 g/mol. The Labute approximate surface area is 108 Å². The first-order valence-corrected chi connectivity index (χ1v) is 6.25. The summed E-state index contributed by atoms with van der Waals surface area (Å²) < 4.78 is 5.16. The predicted molar refractivity (Wildman–Crippen MR) is 67.2 cm³/mol. The van der Waals surface area contributed by atoms with Gasteiger partial charge in [0.2, 0.25) is 0 Å². The Morgan fingerprint density at radius 1 is 1.56 bits per heavy atom. The van der Waals surface area contributed by atoms with E-state index in [9.17, 15) is 4.79 Å². The van der Waals surface area contributed by atoms with Crippen LogP contribution in [0, 0.1) is 0 Å². The van der Waals surface area contributed by atoms with Crippen LogP contribution >= 0.6 is 11.3 Å². The van der Waals surface area contributed by atoms with Gasteiger partial charge in [-0.3, -0.25) is 4.98 Å². The maximum absolute atomic E-state index is 10.6. The molecule has 5 nitrogen and oxygen atoms in total. The third-order valence-corrected chi connectivity index (χ3v) is 3.18. The van der Waals surface area contributed by atoms with Crippen LogP contribution in [0.15, 0.2) is 29.8 Å². The Hall–Kier alpha value is -1.79. The quantitative estimate of drug-likeness (QED) is 0.896. The maximum atomic E-state index is 10.6. The van der Waals surface area contributed by atoms with Crippen molar-refractivity contribution in [2.45, 2.75) is 19.6 Å². The average molecular weight is 264 g/mol. The van der Waals surface area contributed by atoms with E-state index in [4.69, 9.17) is 9.84 Å². The Balaban J connectivity index is 2.01. The number of carboxylic acids is 1. The van der Waals surface area contributed by atoms with E-state index in [1.165, 1.54) is 18.3 Å². The lowest BCUT2D eigenvalue weighted by atomic mass is 10.4. The van der Waals surface area contributed by atoms with Crippen molar-refractivity contribution in [2.75, 3.05) is 0 Å². The first-order valence-electron chi connectivity index (χ1n) is 5.37. The molecule has 2 aromatic rings. The number of aromatic nitrogens is 2. The molecule has 0 aliphatic rings. The molecule has 0 aliphatic carbocycles. The molecule has 0 saturated carbocycles. The summed E-state index contributed by atoms with van der Waals surface area (Å²) in [6, 6.07) is 5.62. The highest BCUT2D eigenvalue weighted by atomic mass is 32.1. The number of carboxylic acid groups (broad SMARTS) is 1. The lowest BCUT2D eigenvalue weighted by Crippen LogP contribution is -2.19. The van der Waals surface area contributed by atoms with Crippen LogP contribution in [0.2, 0.25) is 0 Å². The van der Waals surface area contributed by atoms with Gasteiger partial charge < -0.3 is 9.84 Å². The summed E-state index contributed by atoms with van der Waals surface area (Å²) in [5, 5.41) is 11.3. The minimum Gasteiger partial charge on any atom is -0.479 e. The van der Waals surface area contributed by atoms with Crippen molar-refractivity contribution in [1.29, 1.82) is 0 Å². The first kappa shape index (κ1) is 12.7. The van der Waals surface area contributed by atoms with Gasteiger partial charge in [0.05, 0.1) is 18.0 Å². The second-order valence-corrected chi connectivity index (χ2v) is 4.51. The van der Waals surface area contributed by atoms with Crippen molar-refractivity contribution in [3.8, 4) is 10.7 Å². The summed E-state index contributed by atoms with van der Waals surface area (Å²) in [5.74, 6) is -0.977. The number of ether oxygens (including phenoxy) is 1. The van der Waals surface area contributed by atoms with Crippen LogP contribution in [0.3, 0.4) is 0 Å². The molecule has 0 bridgehead atoms. The van der Waals surface area contributed by atoms with Crippen molar-refractivity contribution in [1.82, 2.24) is 9.97 Å². The van der Waals surface area contributed by atoms with Crippen LogP contribution in [0.5, 0.6) is 0 Å². The number of rotatable bonds is 5. The predicted octanol–water partition coefficient (Wildman–Crippen LogP) is 2.19. The number of pyridine rings is 1. The smallest absolute Gasteiger partial charge is 0.332 e. The third kappa shape index (κ3) is 3.12.